The zero-order valence-electron chi connectivity index (χ0n) is 10.8. The molecule has 2 aromatic carbocycles. The molecule has 0 fully saturated rings. The summed E-state index contributed by atoms with van der Waals surface area (Å²) in [4.78, 5) is 0. The maximum atomic E-state index is 14.3. The fraction of sp³-hybridized carbons (Fsp3) is 0.200. The van der Waals surface area contributed by atoms with E-state index in [1.807, 2.05) is 0 Å². The van der Waals surface area contributed by atoms with Crippen LogP contribution in [-0.4, -0.2) is 0 Å². The Hall–Kier alpha value is -1.33. The second-order valence-electron chi connectivity index (χ2n) is 4.52. The van der Waals surface area contributed by atoms with Crippen molar-refractivity contribution in [3.8, 4) is 0 Å². The number of halogens is 4. The number of benzene rings is 2. The molecule has 0 aliphatic heterocycles. The Balaban J connectivity index is 2.76. The largest absolute Gasteiger partial charge is 0.317 e. The molecule has 0 aliphatic rings. The molecule has 0 aromatic heterocycles. The molecule has 1 unspecified atom stereocenters. The molecule has 2 N–H and O–H groups in total. The molecule has 20 heavy (non-hydrogen) atoms. The summed E-state index contributed by atoms with van der Waals surface area (Å²) in [5.74, 6) is -2.19. The zero-order chi connectivity index (χ0) is 14.9. The lowest BCUT2D eigenvalue weighted by Crippen LogP contribution is -2.40. The number of nitrogens with two attached hydrogens (primary N) is 1. The quantitative estimate of drug-likeness (QED) is 0.817. The Morgan fingerprint density at radius 1 is 1.05 bits per heavy atom. The average Bonchev–Trinajstić information content (AvgIpc) is 2.43. The fourth-order valence-corrected chi connectivity index (χ4v) is 2.59. The molecule has 2 rings (SSSR count). The Morgan fingerprint density at radius 2 is 1.70 bits per heavy atom. The molecule has 0 saturated carbocycles. The van der Waals surface area contributed by atoms with Crippen molar-refractivity contribution in [3.63, 3.8) is 0 Å². The maximum absolute atomic E-state index is 14.3. The first-order valence-electron chi connectivity index (χ1n) is 6.09. The van der Waals surface area contributed by atoms with Gasteiger partial charge in [-0.1, -0.05) is 25.1 Å². The molecule has 0 aliphatic carbocycles. The molecule has 0 spiro atoms. The van der Waals surface area contributed by atoms with Crippen molar-refractivity contribution in [1.82, 2.24) is 0 Å². The number of rotatable bonds is 3. The first kappa shape index (κ1) is 15.1. The summed E-state index contributed by atoms with van der Waals surface area (Å²) in [5.41, 5.74) is 4.34. The summed E-state index contributed by atoms with van der Waals surface area (Å²) in [6, 6.07) is 8.12. The zero-order valence-corrected chi connectivity index (χ0v) is 12.3. The van der Waals surface area contributed by atoms with E-state index in [0.717, 1.165) is 6.07 Å². The predicted molar refractivity (Wildman–Crippen MR) is 75.7 cm³/mol. The average molecular weight is 344 g/mol. The molecule has 1 atom stereocenters. The molecular formula is C15H13BrF3N. The smallest absolute Gasteiger partial charge is 0.145 e. The Bertz CT molecular complexity index is 645. The molecule has 5 heteroatoms. The van der Waals surface area contributed by atoms with Crippen molar-refractivity contribution >= 4 is 15.9 Å². The normalized spacial score (nSPS) is 14.1. The van der Waals surface area contributed by atoms with Crippen LogP contribution in [0.15, 0.2) is 40.9 Å². The van der Waals surface area contributed by atoms with E-state index in [4.69, 9.17) is 5.73 Å². The molecule has 1 nitrogen and oxygen atoms in total. The summed E-state index contributed by atoms with van der Waals surface area (Å²) in [7, 11) is 0. The van der Waals surface area contributed by atoms with Crippen LogP contribution in [0.4, 0.5) is 13.2 Å². The number of hydrogen-bond donors (Lipinski definition) is 1. The van der Waals surface area contributed by atoms with Crippen LogP contribution in [0.2, 0.25) is 0 Å². The highest BCUT2D eigenvalue weighted by Gasteiger charge is 2.36. The second kappa shape index (κ2) is 5.58. The predicted octanol–water partition coefficient (Wildman–Crippen LogP) is 4.48. The van der Waals surface area contributed by atoms with E-state index in [0.29, 0.717) is 0 Å². The van der Waals surface area contributed by atoms with Crippen molar-refractivity contribution in [2.24, 2.45) is 5.73 Å². The van der Waals surface area contributed by atoms with Crippen LogP contribution in [0.5, 0.6) is 0 Å². The van der Waals surface area contributed by atoms with E-state index in [2.05, 4.69) is 15.9 Å². The lowest BCUT2D eigenvalue weighted by Gasteiger charge is -2.30. The molecular weight excluding hydrogens is 331 g/mol. The standard InChI is InChI=1S/C15H13BrF3N/c1-2-15(20,9-5-3-4-6-11(9)17)13-12(18)8-7-10(16)14(13)19/h3-8H,2,20H2,1H3. The van der Waals surface area contributed by atoms with E-state index in [1.165, 1.54) is 24.3 Å². The van der Waals surface area contributed by atoms with Gasteiger partial charge in [-0.05, 0) is 40.5 Å². The highest BCUT2D eigenvalue weighted by molar-refractivity contribution is 9.10. The molecule has 0 saturated heterocycles. The van der Waals surface area contributed by atoms with Gasteiger partial charge in [0, 0.05) is 11.1 Å². The van der Waals surface area contributed by atoms with Gasteiger partial charge in [0.2, 0.25) is 0 Å². The van der Waals surface area contributed by atoms with Crippen molar-refractivity contribution in [2.45, 2.75) is 18.9 Å². The van der Waals surface area contributed by atoms with Gasteiger partial charge in [0.25, 0.3) is 0 Å². The van der Waals surface area contributed by atoms with Gasteiger partial charge in [-0.15, -0.1) is 0 Å². The van der Waals surface area contributed by atoms with E-state index in [-0.39, 0.29) is 22.0 Å². The van der Waals surface area contributed by atoms with E-state index in [9.17, 15) is 13.2 Å². The van der Waals surface area contributed by atoms with Crippen molar-refractivity contribution in [1.29, 1.82) is 0 Å². The highest BCUT2D eigenvalue weighted by Crippen LogP contribution is 2.37. The Kier molecular flexibility index (Phi) is 4.20. The van der Waals surface area contributed by atoms with Crippen LogP contribution in [0.25, 0.3) is 0 Å². The third-order valence-electron chi connectivity index (χ3n) is 3.40. The van der Waals surface area contributed by atoms with Crippen LogP contribution in [-0.2, 0) is 5.54 Å². The molecule has 2 aromatic rings. The minimum absolute atomic E-state index is 0.0680. The maximum Gasteiger partial charge on any atom is 0.145 e. The second-order valence-corrected chi connectivity index (χ2v) is 5.38. The highest BCUT2D eigenvalue weighted by atomic mass is 79.9. The minimum atomic E-state index is -1.57. The monoisotopic (exact) mass is 343 g/mol. The van der Waals surface area contributed by atoms with Gasteiger partial charge in [0.15, 0.2) is 0 Å². The van der Waals surface area contributed by atoms with Crippen molar-refractivity contribution in [2.75, 3.05) is 0 Å². The summed E-state index contributed by atoms with van der Waals surface area (Å²) in [6.07, 6.45) is 0.151. The van der Waals surface area contributed by atoms with Gasteiger partial charge >= 0.3 is 0 Å². The van der Waals surface area contributed by atoms with Gasteiger partial charge in [-0.2, -0.15) is 0 Å². The number of hydrogen-bond acceptors (Lipinski definition) is 1. The first-order chi connectivity index (χ1) is 9.41. The van der Waals surface area contributed by atoms with Gasteiger partial charge in [-0.3, -0.25) is 0 Å². The molecule has 106 valence electrons. The third kappa shape index (κ3) is 2.36. The molecule has 0 radical (unpaired) electrons. The van der Waals surface area contributed by atoms with Crippen molar-refractivity contribution in [3.05, 3.63) is 69.4 Å². The van der Waals surface area contributed by atoms with Crippen LogP contribution >= 0.6 is 15.9 Å². The Morgan fingerprint density at radius 3 is 2.30 bits per heavy atom. The summed E-state index contributed by atoms with van der Waals surface area (Å²) >= 11 is 3.00. The first-order valence-corrected chi connectivity index (χ1v) is 6.89. The summed E-state index contributed by atoms with van der Waals surface area (Å²) < 4.78 is 42.4. The molecule has 0 bridgehead atoms. The van der Waals surface area contributed by atoms with Gasteiger partial charge in [0.1, 0.15) is 17.5 Å². The van der Waals surface area contributed by atoms with E-state index >= 15 is 0 Å². The van der Waals surface area contributed by atoms with Crippen LogP contribution in [0.3, 0.4) is 0 Å². The fourth-order valence-electron chi connectivity index (χ4n) is 2.26. The van der Waals surface area contributed by atoms with Crippen LogP contribution in [0.1, 0.15) is 24.5 Å². The Labute approximate surface area is 123 Å². The van der Waals surface area contributed by atoms with E-state index in [1.54, 1.807) is 13.0 Å². The van der Waals surface area contributed by atoms with Crippen LogP contribution in [0, 0.1) is 17.5 Å². The van der Waals surface area contributed by atoms with Crippen LogP contribution < -0.4 is 5.73 Å². The lowest BCUT2D eigenvalue weighted by atomic mass is 9.80. The van der Waals surface area contributed by atoms with Gasteiger partial charge < -0.3 is 5.73 Å². The third-order valence-corrected chi connectivity index (χ3v) is 4.01. The van der Waals surface area contributed by atoms with Crippen molar-refractivity contribution < 1.29 is 13.2 Å². The summed E-state index contributed by atoms with van der Waals surface area (Å²) in [6.45, 7) is 1.66. The summed E-state index contributed by atoms with van der Waals surface area (Å²) in [5, 5.41) is 0. The minimum Gasteiger partial charge on any atom is -0.317 e. The van der Waals surface area contributed by atoms with Gasteiger partial charge in [0.05, 0.1) is 10.0 Å². The molecule has 0 amide bonds. The van der Waals surface area contributed by atoms with Gasteiger partial charge in [-0.25, -0.2) is 13.2 Å². The SMILES string of the molecule is CCC(N)(c1ccccc1F)c1c(F)ccc(Br)c1F. The van der Waals surface area contributed by atoms with E-state index < -0.39 is 23.0 Å². The molecule has 0 heterocycles. The topological polar surface area (TPSA) is 26.0 Å². The lowest BCUT2D eigenvalue weighted by molar-refractivity contribution is 0.424.